The minimum atomic E-state index is -4.68. The molecule has 10 heteroatoms. The maximum Gasteiger partial charge on any atom is 0.306 e. The highest BCUT2D eigenvalue weighted by Gasteiger charge is 2.27. The fraction of sp³-hybridized carbons (Fsp3) is 0.931. The van der Waals surface area contributed by atoms with Gasteiger partial charge in [-0.25, -0.2) is 0 Å². The number of carbonyl (C=O) groups is 2. The second-order valence-electron chi connectivity index (χ2n) is 21.5. The molecule has 0 aromatic rings. The summed E-state index contributed by atoms with van der Waals surface area (Å²) in [5, 5.41) is 3.03. The van der Waals surface area contributed by atoms with Crippen LogP contribution < -0.4 is 10.2 Å². The van der Waals surface area contributed by atoms with Gasteiger partial charge < -0.3 is 28.5 Å². The van der Waals surface area contributed by atoms with Gasteiger partial charge in [0.05, 0.1) is 33.8 Å². The summed E-state index contributed by atoms with van der Waals surface area (Å²) in [4.78, 5) is 39.8. The molecule has 68 heavy (non-hydrogen) atoms. The van der Waals surface area contributed by atoms with Gasteiger partial charge in [0.15, 0.2) is 0 Å². The number of hydrogen-bond acceptors (Lipinski definition) is 7. The van der Waals surface area contributed by atoms with Crippen molar-refractivity contribution in [3.05, 3.63) is 12.2 Å². The third-order valence-electron chi connectivity index (χ3n) is 13.5. The summed E-state index contributed by atoms with van der Waals surface area (Å²) in [5.41, 5.74) is 0. The Morgan fingerprint density at radius 3 is 1.21 bits per heavy atom. The molecule has 404 valence electrons. The van der Waals surface area contributed by atoms with Crippen LogP contribution in [0.25, 0.3) is 0 Å². The van der Waals surface area contributed by atoms with E-state index in [0.29, 0.717) is 17.4 Å². The number of hydrogen-bond donors (Lipinski definition) is 1. The van der Waals surface area contributed by atoms with Crippen LogP contribution in [0.3, 0.4) is 0 Å². The van der Waals surface area contributed by atoms with Gasteiger partial charge in [-0.15, -0.1) is 0 Å². The Bertz CT molecular complexity index is 1180. The van der Waals surface area contributed by atoms with Gasteiger partial charge in [0.1, 0.15) is 19.3 Å². The number of amides is 1. The van der Waals surface area contributed by atoms with E-state index in [1.807, 2.05) is 33.3 Å². The molecule has 1 amide bonds. The van der Waals surface area contributed by atoms with Crippen molar-refractivity contribution in [2.45, 2.75) is 309 Å². The number of nitrogens with zero attached hydrogens (tertiary/aromatic N) is 1. The Hall–Kier alpha value is -1.25. The SMILES string of the molecule is CCCCCCCCCCC/C=C/C(OC(=O)CCCCCCCCCCCCCCCC)C(COP(=O)([O-])OCC[N+](C)(C)C)NC(=O)CCCCCCCCCCCCCCCCCCC. The van der Waals surface area contributed by atoms with Gasteiger partial charge in [0, 0.05) is 12.8 Å². The van der Waals surface area contributed by atoms with Crippen LogP contribution in [-0.2, 0) is 27.9 Å². The van der Waals surface area contributed by atoms with Crippen LogP contribution in [-0.4, -0.2) is 69.4 Å². The molecular weight excluding hydrogens is 868 g/mol. The van der Waals surface area contributed by atoms with E-state index < -0.39 is 20.0 Å². The van der Waals surface area contributed by atoms with Crippen LogP contribution in [0.2, 0.25) is 0 Å². The lowest BCUT2D eigenvalue weighted by atomic mass is 10.0. The average molecular weight is 984 g/mol. The van der Waals surface area contributed by atoms with Crippen LogP contribution in [0.15, 0.2) is 12.2 Å². The number of allylic oxidation sites excluding steroid dienone is 1. The molecule has 0 aromatic heterocycles. The number of carbonyl (C=O) groups excluding carboxylic acids is 2. The highest BCUT2D eigenvalue weighted by molar-refractivity contribution is 7.45. The Balaban J connectivity index is 5.24. The van der Waals surface area contributed by atoms with E-state index in [1.54, 1.807) is 0 Å². The molecule has 0 radical (unpaired) electrons. The predicted octanol–water partition coefficient (Wildman–Crippen LogP) is 17.0. The molecule has 0 aromatic carbocycles. The average Bonchev–Trinajstić information content (AvgIpc) is 3.29. The standard InChI is InChI=1S/C58H115N2O7P/c1-7-10-13-16-19-22-25-27-29-30-31-32-35-38-41-44-47-50-57(61)59-55(54-66-68(63,64)65-53-52-60(4,5)6)56(49-46-43-40-37-34-24-21-18-15-12-9-3)67-58(62)51-48-45-42-39-36-33-28-26-23-20-17-14-11-8-2/h46,49,55-56H,7-45,47-48,50-54H2,1-6H3,(H-,59,61,63,64)/b49-46+. The van der Waals surface area contributed by atoms with E-state index in [-0.39, 0.29) is 31.5 Å². The molecule has 0 fully saturated rings. The van der Waals surface area contributed by atoms with Gasteiger partial charge in [-0.3, -0.25) is 14.2 Å². The quantitative estimate of drug-likeness (QED) is 0.0212. The molecule has 0 bridgehead atoms. The number of phosphoric acid groups is 1. The summed E-state index contributed by atoms with van der Waals surface area (Å²) in [6.07, 6.45) is 54.5. The number of ether oxygens (including phenoxy) is 1. The molecule has 1 N–H and O–H groups in total. The van der Waals surface area contributed by atoms with Crippen LogP contribution in [0.1, 0.15) is 297 Å². The maximum atomic E-state index is 13.5. The summed E-state index contributed by atoms with van der Waals surface area (Å²) in [6, 6.07) is -0.878. The van der Waals surface area contributed by atoms with E-state index >= 15 is 0 Å². The Morgan fingerprint density at radius 2 is 0.838 bits per heavy atom. The first kappa shape index (κ1) is 66.8. The summed E-state index contributed by atoms with van der Waals surface area (Å²) >= 11 is 0. The van der Waals surface area contributed by atoms with Crippen LogP contribution in [0, 0.1) is 0 Å². The number of quaternary nitrogens is 1. The molecule has 0 aliphatic carbocycles. The number of esters is 1. The van der Waals surface area contributed by atoms with Crippen molar-refractivity contribution < 1.29 is 37.3 Å². The number of phosphoric ester groups is 1. The Morgan fingerprint density at radius 1 is 0.500 bits per heavy atom. The minimum Gasteiger partial charge on any atom is -0.756 e. The summed E-state index contributed by atoms with van der Waals surface area (Å²) < 4.78 is 30.2. The second-order valence-corrected chi connectivity index (χ2v) is 22.9. The van der Waals surface area contributed by atoms with Gasteiger partial charge in [0.2, 0.25) is 5.91 Å². The van der Waals surface area contributed by atoms with Crippen molar-refractivity contribution >= 4 is 19.7 Å². The fourth-order valence-corrected chi connectivity index (χ4v) is 9.60. The number of rotatable bonds is 54. The van der Waals surface area contributed by atoms with Gasteiger partial charge in [0.25, 0.3) is 7.82 Å². The van der Waals surface area contributed by atoms with Crippen molar-refractivity contribution in [1.82, 2.24) is 5.32 Å². The molecule has 0 saturated heterocycles. The van der Waals surface area contributed by atoms with Gasteiger partial charge in [-0.2, -0.15) is 0 Å². The Kier molecular flexibility index (Phi) is 48.4. The zero-order chi connectivity index (χ0) is 50.1. The first-order chi connectivity index (χ1) is 32.9. The molecule has 3 atom stereocenters. The van der Waals surface area contributed by atoms with E-state index in [2.05, 4.69) is 26.1 Å². The molecule has 3 unspecified atom stereocenters. The van der Waals surface area contributed by atoms with Crippen molar-refractivity contribution in [3.63, 3.8) is 0 Å². The number of unbranched alkanes of at least 4 members (excludes halogenated alkanes) is 38. The molecule has 0 aliphatic rings. The topological polar surface area (TPSA) is 114 Å². The fourth-order valence-electron chi connectivity index (χ4n) is 8.88. The normalized spacial score (nSPS) is 13.8. The van der Waals surface area contributed by atoms with Gasteiger partial charge in [-0.05, 0) is 31.8 Å². The van der Waals surface area contributed by atoms with Gasteiger partial charge >= 0.3 is 5.97 Å². The van der Waals surface area contributed by atoms with Crippen LogP contribution in [0.4, 0.5) is 0 Å². The molecule has 0 heterocycles. The number of likely N-dealkylation sites (N-methyl/N-ethyl adjacent to an activating group) is 1. The maximum absolute atomic E-state index is 13.5. The Labute approximate surface area is 422 Å². The third kappa shape index (κ3) is 49.7. The molecule has 0 saturated carbocycles. The van der Waals surface area contributed by atoms with E-state index in [0.717, 1.165) is 57.8 Å². The largest absolute Gasteiger partial charge is 0.756 e. The van der Waals surface area contributed by atoms with E-state index in [9.17, 15) is 19.0 Å². The van der Waals surface area contributed by atoms with Gasteiger partial charge in [-0.1, -0.05) is 264 Å². The molecular formula is C58H115N2O7P. The highest BCUT2D eigenvalue weighted by Crippen LogP contribution is 2.38. The van der Waals surface area contributed by atoms with Crippen molar-refractivity contribution in [3.8, 4) is 0 Å². The molecule has 0 spiro atoms. The smallest absolute Gasteiger partial charge is 0.306 e. The molecule has 9 nitrogen and oxygen atoms in total. The summed E-state index contributed by atoms with van der Waals surface area (Å²) in [7, 11) is 1.20. The molecule has 0 aliphatic heterocycles. The summed E-state index contributed by atoms with van der Waals surface area (Å²) in [6.45, 7) is 6.88. The van der Waals surface area contributed by atoms with Crippen molar-refractivity contribution in [2.24, 2.45) is 0 Å². The van der Waals surface area contributed by atoms with E-state index in [4.69, 9.17) is 13.8 Å². The lowest BCUT2D eigenvalue weighted by molar-refractivity contribution is -0.870. The first-order valence-electron chi connectivity index (χ1n) is 29.5. The minimum absolute atomic E-state index is 0.0170. The third-order valence-corrected chi connectivity index (χ3v) is 14.4. The highest BCUT2D eigenvalue weighted by atomic mass is 31.2. The lowest BCUT2D eigenvalue weighted by Gasteiger charge is -2.30. The zero-order valence-corrected chi connectivity index (χ0v) is 47.0. The van der Waals surface area contributed by atoms with Crippen LogP contribution in [0.5, 0.6) is 0 Å². The van der Waals surface area contributed by atoms with Crippen molar-refractivity contribution in [1.29, 1.82) is 0 Å². The zero-order valence-electron chi connectivity index (χ0n) is 46.1. The summed E-state index contributed by atoms with van der Waals surface area (Å²) in [5.74, 6) is -0.523. The van der Waals surface area contributed by atoms with E-state index in [1.165, 1.54) is 205 Å². The predicted molar refractivity (Wildman–Crippen MR) is 289 cm³/mol. The first-order valence-corrected chi connectivity index (χ1v) is 31.0. The second kappa shape index (κ2) is 49.3. The monoisotopic (exact) mass is 983 g/mol. The van der Waals surface area contributed by atoms with Crippen LogP contribution >= 0.6 is 7.82 Å². The molecule has 0 rings (SSSR count). The number of nitrogens with one attached hydrogen (secondary N) is 1. The van der Waals surface area contributed by atoms with Crippen molar-refractivity contribution in [2.75, 3.05) is 40.9 Å². The lowest BCUT2D eigenvalue weighted by Crippen LogP contribution is -2.47.